The molecule has 0 aromatic carbocycles. The van der Waals surface area contributed by atoms with Gasteiger partial charge in [0.1, 0.15) is 11.7 Å². The van der Waals surface area contributed by atoms with Gasteiger partial charge in [-0.2, -0.15) is 0 Å². The fraction of sp³-hybridized carbons (Fsp3) is 0.533. The Morgan fingerprint density at radius 1 is 0.957 bits per heavy atom. The third-order valence-corrected chi connectivity index (χ3v) is 4.99. The molecule has 0 bridgehead atoms. The van der Waals surface area contributed by atoms with Crippen LogP contribution in [0.2, 0.25) is 0 Å². The molecule has 0 aromatic rings. The number of Topliss-reactive ketones (excluding diaryl/α,β-unsaturated/α-hetero) is 3. The van der Waals surface area contributed by atoms with E-state index >= 15 is 0 Å². The van der Waals surface area contributed by atoms with Crippen molar-refractivity contribution in [1.29, 1.82) is 0 Å². The van der Waals surface area contributed by atoms with Crippen LogP contribution in [0.25, 0.3) is 0 Å². The summed E-state index contributed by atoms with van der Waals surface area (Å²) in [6, 6.07) is 0. The summed E-state index contributed by atoms with van der Waals surface area (Å²) >= 11 is 0. The molecule has 0 amide bonds. The number of aliphatic hydroxyl groups is 1. The fourth-order valence-electron chi connectivity index (χ4n) is 4.04. The number of carboxylic acid groups (broad SMARTS) is 2. The van der Waals surface area contributed by atoms with Crippen molar-refractivity contribution in [3.8, 4) is 0 Å². The second kappa shape index (κ2) is 5.09. The monoisotopic (exact) mass is 322 g/mol. The van der Waals surface area contributed by atoms with Crippen LogP contribution in [-0.2, 0) is 24.0 Å². The molecule has 122 valence electrons. The molecule has 23 heavy (non-hydrogen) atoms. The molecular formula is C15H14O8. The van der Waals surface area contributed by atoms with Gasteiger partial charge in [-0.05, 0) is 6.42 Å². The Morgan fingerprint density at radius 3 is 2.17 bits per heavy atom. The molecule has 0 heterocycles. The number of fused-ring (bicyclic) bond motifs is 2. The third kappa shape index (κ3) is 2.05. The maximum atomic E-state index is 12.5. The SMILES string of the molecule is O=C1CC(C(=O)O)C(=O)C2=C1C(C(=O)O)C1C(=O)CCC(O)C21. The highest BCUT2D eigenvalue weighted by atomic mass is 16.4. The van der Waals surface area contributed by atoms with Gasteiger partial charge in [-0.3, -0.25) is 24.0 Å². The average molecular weight is 322 g/mol. The van der Waals surface area contributed by atoms with Crippen LogP contribution in [-0.4, -0.2) is 50.7 Å². The molecule has 3 N–H and O–H groups in total. The molecule has 5 atom stereocenters. The second-order valence-corrected chi connectivity index (χ2v) is 6.15. The molecule has 8 heteroatoms. The first-order chi connectivity index (χ1) is 10.8. The van der Waals surface area contributed by atoms with Crippen molar-refractivity contribution in [1.82, 2.24) is 0 Å². The van der Waals surface area contributed by atoms with Crippen molar-refractivity contribution in [3.63, 3.8) is 0 Å². The minimum Gasteiger partial charge on any atom is -0.481 e. The van der Waals surface area contributed by atoms with E-state index in [2.05, 4.69) is 0 Å². The lowest BCUT2D eigenvalue weighted by Gasteiger charge is -2.32. The highest BCUT2D eigenvalue weighted by Crippen LogP contribution is 2.51. The van der Waals surface area contributed by atoms with E-state index in [-0.39, 0.29) is 24.0 Å². The normalized spacial score (nSPS) is 36.7. The smallest absolute Gasteiger partial charge is 0.314 e. The van der Waals surface area contributed by atoms with Gasteiger partial charge in [0.2, 0.25) is 0 Å². The largest absolute Gasteiger partial charge is 0.481 e. The van der Waals surface area contributed by atoms with Crippen LogP contribution in [0.5, 0.6) is 0 Å². The quantitative estimate of drug-likeness (QED) is 0.560. The Labute approximate surface area is 129 Å². The Kier molecular flexibility index (Phi) is 3.44. The zero-order valence-corrected chi connectivity index (χ0v) is 11.9. The first kappa shape index (κ1) is 15.5. The number of rotatable bonds is 2. The Morgan fingerprint density at radius 2 is 1.61 bits per heavy atom. The van der Waals surface area contributed by atoms with Crippen molar-refractivity contribution in [2.45, 2.75) is 25.4 Å². The van der Waals surface area contributed by atoms with Gasteiger partial charge in [0, 0.05) is 35.8 Å². The first-order valence-electron chi connectivity index (χ1n) is 7.23. The van der Waals surface area contributed by atoms with Crippen molar-refractivity contribution in [3.05, 3.63) is 11.1 Å². The summed E-state index contributed by atoms with van der Waals surface area (Å²) in [6.07, 6.45) is -1.73. The van der Waals surface area contributed by atoms with Gasteiger partial charge in [-0.25, -0.2) is 0 Å². The minimum atomic E-state index is -1.58. The number of carboxylic acids is 2. The predicted molar refractivity (Wildman–Crippen MR) is 71.1 cm³/mol. The van der Waals surface area contributed by atoms with E-state index in [0.717, 1.165) is 0 Å². The molecule has 5 unspecified atom stereocenters. The predicted octanol–water partition coefficient (Wildman–Crippen LogP) is -0.804. The van der Waals surface area contributed by atoms with E-state index in [9.17, 15) is 34.2 Å². The maximum Gasteiger partial charge on any atom is 0.314 e. The van der Waals surface area contributed by atoms with Crippen molar-refractivity contribution in [2.75, 3.05) is 0 Å². The molecule has 3 aliphatic carbocycles. The molecule has 8 nitrogen and oxygen atoms in total. The summed E-state index contributed by atoms with van der Waals surface area (Å²) in [6.45, 7) is 0. The fourth-order valence-corrected chi connectivity index (χ4v) is 4.04. The van der Waals surface area contributed by atoms with Crippen LogP contribution in [0.15, 0.2) is 11.1 Å². The van der Waals surface area contributed by atoms with Gasteiger partial charge in [0.15, 0.2) is 11.6 Å². The van der Waals surface area contributed by atoms with Crippen LogP contribution in [0.1, 0.15) is 19.3 Å². The lowest BCUT2D eigenvalue weighted by molar-refractivity contribution is -0.148. The van der Waals surface area contributed by atoms with Crippen LogP contribution in [0.4, 0.5) is 0 Å². The van der Waals surface area contributed by atoms with Crippen LogP contribution in [0.3, 0.4) is 0 Å². The van der Waals surface area contributed by atoms with Crippen LogP contribution < -0.4 is 0 Å². The third-order valence-electron chi connectivity index (χ3n) is 4.99. The zero-order chi connectivity index (χ0) is 17.0. The van der Waals surface area contributed by atoms with Crippen molar-refractivity contribution in [2.24, 2.45) is 23.7 Å². The van der Waals surface area contributed by atoms with Gasteiger partial charge in [0.25, 0.3) is 0 Å². The minimum absolute atomic E-state index is 0.0303. The molecular weight excluding hydrogens is 308 g/mol. The van der Waals surface area contributed by atoms with E-state index in [4.69, 9.17) is 5.11 Å². The van der Waals surface area contributed by atoms with Gasteiger partial charge < -0.3 is 15.3 Å². The number of ketones is 3. The molecule has 3 aliphatic rings. The van der Waals surface area contributed by atoms with Gasteiger partial charge in [-0.15, -0.1) is 0 Å². The second-order valence-electron chi connectivity index (χ2n) is 6.15. The molecule has 0 aliphatic heterocycles. The van der Waals surface area contributed by atoms with E-state index in [1.165, 1.54) is 0 Å². The Bertz CT molecular complexity index is 688. The molecule has 1 saturated carbocycles. The average Bonchev–Trinajstić information content (AvgIpc) is 2.84. The van der Waals surface area contributed by atoms with Crippen LogP contribution in [0, 0.1) is 23.7 Å². The Hall–Kier alpha value is -2.35. The van der Waals surface area contributed by atoms with Crippen molar-refractivity contribution < 1.29 is 39.3 Å². The summed E-state index contributed by atoms with van der Waals surface area (Å²) in [7, 11) is 0. The summed E-state index contributed by atoms with van der Waals surface area (Å²) in [5.74, 6) is -10.3. The molecule has 0 saturated heterocycles. The maximum absolute atomic E-state index is 12.5. The van der Waals surface area contributed by atoms with Crippen LogP contribution >= 0.6 is 0 Å². The van der Waals surface area contributed by atoms with E-state index in [0.29, 0.717) is 0 Å². The zero-order valence-electron chi connectivity index (χ0n) is 11.9. The highest BCUT2D eigenvalue weighted by molar-refractivity contribution is 6.22. The summed E-state index contributed by atoms with van der Waals surface area (Å²) in [5, 5.41) is 28.7. The lowest BCUT2D eigenvalue weighted by Crippen LogP contribution is -2.42. The first-order valence-corrected chi connectivity index (χ1v) is 7.23. The topological polar surface area (TPSA) is 146 Å². The molecule has 3 rings (SSSR count). The molecule has 0 aromatic heterocycles. The summed E-state index contributed by atoms with van der Waals surface area (Å²) in [4.78, 5) is 59.7. The molecule has 0 spiro atoms. The van der Waals surface area contributed by atoms with E-state index in [1.807, 2.05) is 0 Å². The Balaban J connectivity index is 2.19. The van der Waals surface area contributed by atoms with E-state index in [1.54, 1.807) is 0 Å². The standard InChI is InChI=1S/C15H14O8/c16-5-1-2-6(17)9-8(5)11-10(12(9)15(22)23)7(18)3-4(13(11)19)14(20)21/h4-5,8-9,12,16H,1-3H2,(H,20,21)(H,22,23). The molecule has 1 fully saturated rings. The van der Waals surface area contributed by atoms with Gasteiger partial charge in [-0.1, -0.05) is 0 Å². The van der Waals surface area contributed by atoms with Gasteiger partial charge in [0.05, 0.1) is 12.0 Å². The molecule has 0 radical (unpaired) electrons. The number of carbonyl (C=O) groups excluding carboxylic acids is 3. The van der Waals surface area contributed by atoms with Crippen molar-refractivity contribution >= 4 is 29.3 Å². The van der Waals surface area contributed by atoms with Gasteiger partial charge >= 0.3 is 11.9 Å². The number of aliphatic hydroxyl groups excluding tert-OH is 1. The number of hydrogen-bond donors (Lipinski definition) is 3. The number of carbonyl (C=O) groups is 5. The highest BCUT2D eigenvalue weighted by Gasteiger charge is 2.59. The number of aliphatic carboxylic acids is 2. The lowest BCUT2D eigenvalue weighted by atomic mass is 9.71. The summed E-state index contributed by atoms with van der Waals surface area (Å²) in [5.41, 5.74) is -0.545. The summed E-state index contributed by atoms with van der Waals surface area (Å²) < 4.78 is 0. The number of hydrogen-bond acceptors (Lipinski definition) is 6. The van der Waals surface area contributed by atoms with E-state index < -0.39 is 65.5 Å².